The molecule has 3 amide bonds. The van der Waals surface area contributed by atoms with Gasteiger partial charge in [0.2, 0.25) is 17.7 Å². The van der Waals surface area contributed by atoms with Crippen LogP contribution < -0.4 is 26.0 Å². The number of amides is 3. The van der Waals surface area contributed by atoms with Gasteiger partial charge in [-0.2, -0.15) is 0 Å². The fourth-order valence-electron chi connectivity index (χ4n) is 4.68. The fourth-order valence-corrected chi connectivity index (χ4v) is 4.68. The van der Waals surface area contributed by atoms with Gasteiger partial charge in [-0.1, -0.05) is 75.2 Å². The van der Waals surface area contributed by atoms with Crippen molar-refractivity contribution in [1.82, 2.24) is 21.3 Å². The van der Waals surface area contributed by atoms with Crippen LogP contribution in [0.15, 0.2) is 48.5 Å². The summed E-state index contributed by atoms with van der Waals surface area (Å²) in [4.78, 5) is 39.8. The molecule has 1 aliphatic heterocycles. The van der Waals surface area contributed by atoms with E-state index in [1.165, 1.54) is 0 Å². The SMILES string of the molecule is CCC[C@@H]1NC(=O)[C@@H](C(C)C)NC(=O)[C@@H](Cc2ccc(C)cc2)NCCOc2ccccc2CCCNC1=O. The van der Waals surface area contributed by atoms with Gasteiger partial charge in [0.25, 0.3) is 0 Å². The number of aryl methyl sites for hydroxylation is 2. The maximum absolute atomic E-state index is 13.5. The molecule has 8 heteroatoms. The average Bonchev–Trinajstić information content (AvgIpc) is 2.91. The molecule has 0 aliphatic carbocycles. The first-order chi connectivity index (χ1) is 18.8. The Balaban J connectivity index is 1.85. The number of nitrogens with one attached hydrogen (secondary N) is 4. The van der Waals surface area contributed by atoms with E-state index in [0.717, 1.165) is 41.7 Å². The molecule has 0 bridgehead atoms. The van der Waals surface area contributed by atoms with E-state index < -0.39 is 18.1 Å². The van der Waals surface area contributed by atoms with Gasteiger partial charge in [-0.25, -0.2) is 0 Å². The second-order valence-corrected chi connectivity index (χ2v) is 10.6. The lowest BCUT2D eigenvalue weighted by Gasteiger charge is -2.27. The molecule has 3 atom stereocenters. The van der Waals surface area contributed by atoms with Gasteiger partial charge < -0.3 is 26.0 Å². The summed E-state index contributed by atoms with van der Waals surface area (Å²) in [5.74, 6) is -0.169. The summed E-state index contributed by atoms with van der Waals surface area (Å²) in [5.41, 5.74) is 3.24. The number of carbonyl (C=O) groups excluding carboxylic acids is 3. The zero-order valence-corrected chi connectivity index (χ0v) is 23.7. The van der Waals surface area contributed by atoms with Gasteiger partial charge in [0.05, 0.1) is 6.04 Å². The highest BCUT2D eigenvalue weighted by atomic mass is 16.5. The molecule has 212 valence electrons. The quantitative estimate of drug-likeness (QED) is 0.470. The summed E-state index contributed by atoms with van der Waals surface area (Å²) >= 11 is 0. The van der Waals surface area contributed by atoms with Gasteiger partial charge in [-0.05, 0) is 55.7 Å². The second kappa shape index (κ2) is 15.3. The van der Waals surface area contributed by atoms with Gasteiger partial charge in [-0.15, -0.1) is 0 Å². The molecule has 39 heavy (non-hydrogen) atoms. The molecular formula is C31H44N4O4. The van der Waals surface area contributed by atoms with Crippen molar-refractivity contribution in [1.29, 1.82) is 0 Å². The number of hydrogen-bond acceptors (Lipinski definition) is 5. The summed E-state index contributed by atoms with van der Waals surface area (Å²) in [7, 11) is 0. The lowest BCUT2D eigenvalue weighted by atomic mass is 10.00. The standard InChI is InChI=1S/C31H44N4O4/c1-5-9-25-29(36)33-17-8-11-24-10-6-7-12-27(24)39-19-18-32-26(20-23-15-13-22(4)14-16-23)30(37)35-28(21(2)3)31(38)34-25/h6-7,10,12-16,21,25-26,28,32H,5,8-9,11,17-20H2,1-4H3,(H,33,36)(H,34,38)(H,35,37)/t25-,26+,28+/m0/s1. The molecule has 0 saturated heterocycles. The third-order valence-corrected chi connectivity index (χ3v) is 6.98. The van der Waals surface area contributed by atoms with E-state index in [2.05, 4.69) is 21.3 Å². The normalized spacial score (nSPS) is 22.0. The summed E-state index contributed by atoms with van der Waals surface area (Å²) in [6.45, 7) is 9.13. The van der Waals surface area contributed by atoms with Crippen LogP contribution in [0, 0.1) is 12.8 Å². The van der Waals surface area contributed by atoms with E-state index >= 15 is 0 Å². The highest BCUT2D eigenvalue weighted by molar-refractivity contribution is 5.93. The van der Waals surface area contributed by atoms with Crippen LogP contribution in [0.1, 0.15) is 56.7 Å². The Morgan fingerprint density at radius 2 is 1.64 bits per heavy atom. The Labute approximate surface area is 232 Å². The van der Waals surface area contributed by atoms with Crippen molar-refractivity contribution in [2.45, 2.75) is 77.9 Å². The average molecular weight is 537 g/mol. The van der Waals surface area contributed by atoms with E-state index in [-0.39, 0.29) is 23.6 Å². The van der Waals surface area contributed by atoms with Crippen molar-refractivity contribution in [3.8, 4) is 5.75 Å². The van der Waals surface area contributed by atoms with Crippen LogP contribution in [-0.2, 0) is 27.2 Å². The molecule has 2 aromatic carbocycles. The lowest BCUT2D eigenvalue weighted by molar-refractivity contribution is -0.133. The smallest absolute Gasteiger partial charge is 0.243 e. The largest absolute Gasteiger partial charge is 0.492 e. The van der Waals surface area contributed by atoms with E-state index in [9.17, 15) is 14.4 Å². The fraction of sp³-hybridized carbons (Fsp3) is 0.516. The minimum absolute atomic E-state index is 0.162. The van der Waals surface area contributed by atoms with Crippen LogP contribution in [0.3, 0.4) is 0 Å². The van der Waals surface area contributed by atoms with Gasteiger partial charge in [-0.3, -0.25) is 14.4 Å². The first kappa shape index (κ1) is 30.2. The molecule has 1 aliphatic rings. The van der Waals surface area contributed by atoms with Crippen molar-refractivity contribution in [3.05, 3.63) is 65.2 Å². The van der Waals surface area contributed by atoms with Crippen molar-refractivity contribution in [2.24, 2.45) is 5.92 Å². The summed E-state index contributed by atoms with van der Waals surface area (Å²) in [5, 5.41) is 12.2. The molecule has 8 nitrogen and oxygen atoms in total. The molecule has 0 saturated carbocycles. The maximum atomic E-state index is 13.5. The van der Waals surface area contributed by atoms with Gasteiger partial charge in [0.1, 0.15) is 24.4 Å². The Hall–Kier alpha value is -3.39. The van der Waals surface area contributed by atoms with Gasteiger partial charge >= 0.3 is 0 Å². The van der Waals surface area contributed by atoms with Crippen LogP contribution in [0.4, 0.5) is 0 Å². The highest BCUT2D eigenvalue weighted by Crippen LogP contribution is 2.19. The van der Waals surface area contributed by atoms with Crippen molar-refractivity contribution in [2.75, 3.05) is 19.7 Å². The van der Waals surface area contributed by atoms with Crippen molar-refractivity contribution >= 4 is 17.7 Å². The number of rotatable bonds is 5. The molecule has 0 unspecified atom stereocenters. The second-order valence-electron chi connectivity index (χ2n) is 10.6. The number of hydrogen-bond donors (Lipinski definition) is 4. The highest BCUT2D eigenvalue weighted by Gasteiger charge is 2.30. The zero-order chi connectivity index (χ0) is 28.2. The van der Waals surface area contributed by atoms with E-state index in [4.69, 9.17) is 4.74 Å². The molecule has 1 heterocycles. The molecule has 0 spiro atoms. The van der Waals surface area contributed by atoms with Crippen LogP contribution in [0.2, 0.25) is 0 Å². The van der Waals surface area contributed by atoms with Gasteiger partial charge in [0, 0.05) is 13.1 Å². The van der Waals surface area contributed by atoms with Crippen LogP contribution in [0.5, 0.6) is 5.75 Å². The summed E-state index contributed by atoms with van der Waals surface area (Å²) in [6, 6.07) is 14.0. The van der Waals surface area contributed by atoms with E-state index in [1.54, 1.807) is 0 Å². The number of benzene rings is 2. The Kier molecular flexibility index (Phi) is 11.8. The number of carbonyl (C=O) groups is 3. The molecule has 3 rings (SSSR count). The molecule has 0 fully saturated rings. The topological polar surface area (TPSA) is 109 Å². The van der Waals surface area contributed by atoms with E-state index in [1.807, 2.05) is 76.2 Å². The lowest BCUT2D eigenvalue weighted by Crippen LogP contribution is -2.58. The maximum Gasteiger partial charge on any atom is 0.243 e. The minimum atomic E-state index is -0.769. The van der Waals surface area contributed by atoms with Crippen LogP contribution in [0.25, 0.3) is 0 Å². The van der Waals surface area contributed by atoms with Crippen LogP contribution in [-0.4, -0.2) is 55.5 Å². The summed E-state index contributed by atoms with van der Waals surface area (Å²) in [6.07, 6.45) is 3.23. The first-order valence-electron chi connectivity index (χ1n) is 14.2. The molecule has 4 N–H and O–H groups in total. The van der Waals surface area contributed by atoms with E-state index in [0.29, 0.717) is 32.5 Å². The molecule has 0 radical (unpaired) electrons. The zero-order valence-electron chi connectivity index (χ0n) is 23.7. The third-order valence-electron chi connectivity index (χ3n) is 6.98. The third kappa shape index (κ3) is 9.39. The molecule has 2 aromatic rings. The Morgan fingerprint density at radius 1 is 0.897 bits per heavy atom. The predicted molar refractivity (Wildman–Crippen MR) is 154 cm³/mol. The monoisotopic (exact) mass is 536 g/mol. The molecule has 0 aromatic heterocycles. The first-order valence-corrected chi connectivity index (χ1v) is 14.2. The predicted octanol–water partition coefficient (Wildman–Crippen LogP) is 3.06. The Bertz CT molecular complexity index is 1090. The number of ether oxygens (including phenoxy) is 1. The van der Waals surface area contributed by atoms with Crippen molar-refractivity contribution in [3.63, 3.8) is 0 Å². The number of fused-ring (bicyclic) bond motifs is 1. The number of para-hydroxylation sites is 1. The van der Waals surface area contributed by atoms with Crippen LogP contribution >= 0.6 is 0 Å². The van der Waals surface area contributed by atoms with Gasteiger partial charge in [0.15, 0.2) is 0 Å². The molecular weight excluding hydrogens is 492 g/mol. The van der Waals surface area contributed by atoms with Crippen molar-refractivity contribution < 1.29 is 19.1 Å². The Morgan fingerprint density at radius 3 is 2.36 bits per heavy atom. The summed E-state index contributed by atoms with van der Waals surface area (Å²) < 4.78 is 6.08. The minimum Gasteiger partial charge on any atom is -0.492 e.